The van der Waals surface area contributed by atoms with E-state index in [-0.39, 0.29) is 0 Å². The minimum atomic E-state index is 0.549. The van der Waals surface area contributed by atoms with Gasteiger partial charge in [0.25, 0.3) is 0 Å². The topological polar surface area (TPSA) is 17.1 Å². The number of rotatable bonds is 3. The van der Waals surface area contributed by atoms with Gasteiger partial charge in [0.2, 0.25) is 0 Å². The predicted octanol–water partition coefficient (Wildman–Crippen LogP) is 3.04. The number of aldehydes is 1. The second-order valence-electron chi connectivity index (χ2n) is 4.03. The van der Waals surface area contributed by atoms with E-state index in [0.717, 1.165) is 11.8 Å². The van der Waals surface area contributed by atoms with Crippen molar-refractivity contribution in [1.29, 1.82) is 0 Å². The summed E-state index contributed by atoms with van der Waals surface area (Å²) < 4.78 is 0. The third-order valence-corrected chi connectivity index (χ3v) is 4.12. The van der Waals surface area contributed by atoms with Gasteiger partial charge in [-0.3, -0.25) is 0 Å². The molecule has 1 nitrogen and oxygen atoms in total. The standard InChI is InChI=1S/C13H16OS/c14-7-6-11-3-1-4-12(9-11)13-5-2-8-15-10-13/h1,3-4,7,9,13H,2,5-6,8,10H2. The molecule has 0 radical (unpaired) electrons. The fourth-order valence-electron chi connectivity index (χ4n) is 2.07. The zero-order valence-corrected chi connectivity index (χ0v) is 9.63. The number of hydrogen-bond acceptors (Lipinski definition) is 2. The molecule has 2 heteroatoms. The van der Waals surface area contributed by atoms with Gasteiger partial charge >= 0.3 is 0 Å². The SMILES string of the molecule is O=CCc1cccc(C2CCCSC2)c1. The van der Waals surface area contributed by atoms with Gasteiger partial charge in [-0.15, -0.1) is 0 Å². The molecule has 0 aliphatic carbocycles. The highest BCUT2D eigenvalue weighted by atomic mass is 32.2. The first-order chi connectivity index (χ1) is 7.40. The van der Waals surface area contributed by atoms with Gasteiger partial charge < -0.3 is 4.79 Å². The Bertz CT molecular complexity index is 329. The Kier molecular flexibility index (Phi) is 3.84. The van der Waals surface area contributed by atoms with Crippen LogP contribution in [0.2, 0.25) is 0 Å². The Hall–Kier alpha value is -0.760. The molecule has 1 aliphatic heterocycles. The van der Waals surface area contributed by atoms with Gasteiger partial charge in [0, 0.05) is 12.2 Å². The molecule has 0 spiro atoms. The smallest absolute Gasteiger partial charge is 0.124 e. The van der Waals surface area contributed by atoms with Crippen LogP contribution in [0.25, 0.3) is 0 Å². The van der Waals surface area contributed by atoms with Gasteiger partial charge in [-0.1, -0.05) is 24.3 Å². The number of carbonyl (C=O) groups is 1. The third kappa shape index (κ3) is 2.85. The van der Waals surface area contributed by atoms with Gasteiger partial charge in [0.05, 0.1) is 0 Å². The highest BCUT2D eigenvalue weighted by Gasteiger charge is 2.15. The molecule has 0 N–H and O–H groups in total. The average Bonchev–Trinajstić information content (AvgIpc) is 2.31. The van der Waals surface area contributed by atoms with E-state index in [1.165, 1.54) is 29.9 Å². The Labute approximate surface area is 95.3 Å². The summed E-state index contributed by atoms with van der Waals surface area (Å²) in [6, 6.07) is 8.51. The van der Waals surface area contributed by atoms with Crippen LogP contribution in [0.5, 0.6) is 0 Å². The van der Waals surface area contributed by atoms with Gasteiger partial charge in [-0.05, 0) is 35.6 Å². The first-order valence-electron chi connectivity index (χ1n) is 5.50. The summed E-state index contributed by atoms with van der Waals surface area (Å²) in [6.45, 7) is 0. The summed E-state index contributed by atoms with van der Waals surface area (Å²) in [4.78, 5) is 10.5. The van der Waals surface area contributed by atoms with Crippen molar-refractivity contribution in [3.05, 3.63) is 35.4 Å². The first-order valence-corrected chi connectivity index (χ1v) is 6.66. The normalized spacial score (nSPS) is 21.2. The molecule has 1 heterocycles. The second-order valence-corrected chi connectivity index (χ2v) is 5.18. The van der Waals surface area contributed by atoms with Gasteiger partial charge in [-0.2, -0.15) is 11.8 Å². The summed E-state index contributed by atoms with van der Waals surface area (Å²) in [7, 11) is 0. The molecule has 0 amide bonds. The molecule has 15 heavy (non-hydrogen) atoms. The minimum absolute atomic E-state index is 0.549. The van der Waals surface area contributed by atoms with Crippen molar-refractivity contribution in [3.63, 3.8) is 0 Å². The maximum atomic E-state index is 10.5. The fraction of sp³-hybridized carbons (Fsp3) is 0.462. The molecule has 1 aliphatic rings. The van der Waals surface area contributed by atoms with E-state index >= 15 is 0 Å². The van der Waals surface area contributed by atoms with Crippen LogP contribution in [-0.4, -0.2) is 17.8 Å². The Morgan fingerprint density at radius 2 is 2.40 bits per heavy atom. The summed E-state index contributed by atoms with van der Waals surface area (Å²) in [5.41, 5.74) is 2.57. The van der Waals surface area contributed by atoms with Crippen LogP contribution in [0.3, 0.4) is 0 Å². The molecule has 0 bridgehead atoms. The van der Waals surface area contributed by atoms with E-state index in [9.17, 15) is 4.79 Å². The fourth-order valence-corrected chi connectivity index (χ4v) is 3.25. The third-order valence-electron chi connectivity index (χ3n) is 2.90. The van der Waals surface area contributed by atoms with E-state index in [0.29, 0.717) is 12.3 Å². The van der Waals surface area contributed by atoms with Crippen LogP contribution < -0.4 is 0 Å². The van der Waals surface area contributed by atoms with E-state index in [4.69, 9.17) is 0 Å². The summed E-state index contributed by atoms with van der Waals surface area (Å²) in [5, 5.41) is 0. The average molecular weight is 220 g/mol. The zero-order valence-electron chi connectivity index (χ0n) is 8.82. The molecular formula is C13H16OS. The molecule has 0 aromatic heterocycles. The van der Waals surface area contributed by atoms with Crippen molar-refractivity contribution in [2.45, 2.75) is 25.2 Å². The van der Waals surface area contributed by atoms with Gasteiger partial charge in [0.15, 0.2) is 0 Å². The molecule has 0 saturated carbocycles. The van der Waals surface area contributed by atoms with Gasteiger partial charge in [-0.25, -0.2) is 0 Å². The highest BCUT2D eigenvalue weighted by Crippen LogP contribution is 2.31. The lowest BCUT2D eigenvalue weighted by Crippen LogP contribution is -2.08. The van der Waals surface area contributed by atoms with Crippen molar-refractivity contribution in [3.8, 4) is 0 Å². The zero-order chi connectivity index (χ0) is 10.5. The molecule has 2 rings (SSSR count). The minimum Gasteiger partial charge on any atom is -0.303 e. The molecule has 1 aromatic rings. The monoisotopic (exact) mass is 220 g/mol. The first kappa shape index (κ1) is 10.7. The number of thioether (sulfide) groups is 1. The Morgan fingerprint density at radius 1 is 1.47 bits per heavy atom. The van der Waals surface area contributed by atoms with Crippen molar-refractivity contribution in [2.24, 2.45) is 0 Å². The largest absolute Gasteiger partial charge is 0.303 e. The quantitative estimate of drug-likeness (QED) is 0.728. The van der Waals surface area contributed by atoms with Crippen LogP contribution in [0.4, 0.5) is 0 Å². The molecule has 1 fully saturated rings. The maximum Gasteiger partial charge on any atom is 0.124 e. The maximum absolute atomic E-state index is 10.5. The summed E-state index contributed by atoms with van der Waals surface area (Å²) in [6.07, 6.45) is 4.16. The Balaban J connectivity index is 2.12. The molecule has 1 unspecified atom stereocenters. The highest BCUT2D eigenvalue weighted by molar-refractivity contribution is 7.99. The molecular weight excluding hydrogens is 204 g/mol. The van der Waals surface area contributed by atoms with Crippen LogP contribution in [-0.2, 0) is 11.2 Å². The molecule has 1 atom stereocenters. The molecule has 1 aromatic carbocycles. The van der Waals surface area contributed by atoms with Crippen molar-refractivity contribution in [2.75, 3.05) is 11.5 Å². The predicted molar refractivity (Wildman–Crippen MR) is 65.5 cm³/mol. The van der Waals surface area contributed by atoms with Crippen molar-refractivity contribution >= 4 is 18.0 Å². The number of hydrogen-bond donors (Lipinski definition) is 0. The van der Waals surface area contributed by atoms with E-state index in [1.54, 1.807) is 0 Å². The van der Waals surface area contributed by atoms with Crippen LogP contribution in [0, 0.1) is 0 Å². The lowest BCUT2D eigenvalue weighted by molar-refractivity contribution is -0.107. The van der Waals surface area contributed by atoms with Crippen molar-refractivity contribution < 1.29 is 4.79 Å². The Morgan fingerprint density at radius 3 is 3.13 bits per heavy atom. The van der Waals surface area contributed by atoms with Crippen LogP contribution >= 0.6 is 11.8 Å². The lowest BCUT2D eigenvalue weighted by Gasteiger charge is -2.21. The van der Waals surface area contributed by atoms with E-state index in [1.807, 2.05) is 17.8 Å². The van der Waals surface area contributed by atoms with Crippen LogP contribution in [0.1, 0.15) is 29.9 Å². The van der Waals surface area contributed by atoms with E-state index < -0.39 is 0 Å². The number of carbonyl (C=O) groups excluding carboxylic acids is 1. The van der Waals surface area contributed by atoms with Crippen molar-refractivity contribution in [1.82, 2.24) is 0 Å². The number of benzene rings is 1. The second kappa shape index (κ2) is 5.36. The summed E-state index contributed by atoms with van der Waals surface area (Å²) >= 11 is 2.05. The molecule has 80 valence electrons. The lowest BCUT2D eigenvalue weighted by atomic mass is 9.94. The van der Waals surface area contributed by atoms with E-state index in [2.05, 4.69) is 18.2 Å². The van der Waals surface area contributed by atoms with Gasteiger partial charge in [0.1, 0.15) is 6.29 Å². The van der Waals surface area contributed by atoms with Crippen LogP contribution in [0.15, 0.2) is 24.3 Å². The summed E-state index contributed by atoms with van der Waals surface area (Å²) in [5.74, 6) is 3.25. The molecule has 1 saturated heterocycles.